The van der Waals surface area contributed by atoms with Crippen molar-refractivity contribution in [1.82, 2.24) is 24.9 Å². The third-order valence-corrected chi connectivity index (χ3v) is 6.63. The summed E-state index contributed by atoms with van der Waals surface area (Å²) in [7, 11) is 0. The molecule has 1 saturated heterocycles. The number of carbonyl (C=O) groups is 1. The number of aromatic nitrogens is 4. The highest BCUT2D eigenvalue weighted by atomic mass is 32.1. The van der Waals surface area contributed by atoms with Crippen LogP contribution in [-0.4, -0.2) is 37.3 Å². The van der Waals surface area contributed by atoms with Gasteiger partial charge >= 0.3 is 0 Å². The molecule has 0 unspecified atom stereocenters. The van der Waals surface area contributed by atoms with Gasteiger partial charge < -0.3 is 4.90 Å². The molecule has 6 nitrogen and oxygen atoms in total. The molecule has 2 aromatic rings. The van der Waals surface area contributed by atoms with Gasteiger partial charge in [-0.05, 0) is 31.6 Å². The second-order valence-electron chi connectivity index (χ2n) is 7.54. The number of piperidine rings is 1. The summed E-state index contributed by atoms with van der Waals surface area (Å²) in [5.41, 5.74) is 0.470. The number of aryl methyl sites for hydroxylation is 1. The van der Waals surface area contributed by atoms with Gasteiger partial charge in [-0.1, -0.05) is 37.3 Å². The first-order valence-electron chi connectivity index (χ1n) is 9.92. The number of hydrogen-bond acceptors (Lipinski definition) is 5. The Hall–Kier alpha value is -1.76. The first kappa shape index (κ1) is 17.6. The largest absolute Gasteiger partial charge is 0.328 e. The molecule has 1 aliphatic heterocycles. The van der Waals surface area contributed by atoms with Crippen LogP contribution in [0.3, 0.4) is 0 Å². The van der Waals surface area contributed by atoms with E-state index in [0.29, 0.717) is 5.69 Å². The van der Waals surface area contributed by atoms with Crippen LogP contribution in [0.1, 0.15) is 79.3 Å². The Balaban J connectivity index is 1.40. The minimum Gasteiger partial charge on any atom is -0.328 e. The Kier molecular flexibility index (Phi) is 5.62. The lowest BCUT2D eigenvalue weighted by atomic mass is 9.87. The maximum absolute atomic E-state index is 13.0. The van der Waals surface area contributed by atoms with Gasteiger partial charge in [-0.2, -0.15) is 0 Å². The topological polar surface area (TPSA) is 63.9 Å². The Bertz CT molecular complexity index is 707. The first-order valence-corrected chi connectivity index (χ1v) is 10.8. The second-order valence-corrected chi connectivity index (χ2v) is 8.47. The van der Waals surface area contributed by atoms with Gasteiger partial charge in [0, 0.05) is 24.7 Å². The molecule has 7 heteroatoms. The van der Waals surface area contributed by atoms with Gasteiger partial charge in [-0.3, -0.25) is 9.48 Å². The number of carbonyl (C=O) groups excluding carboxylic acids is 1. The van der Waals surface area contributed by atoms with Crippen LogP contribution < -0.4 is 0 Å². The van der Waals surface area contributed by atoms with Gasteiger partial charge in [0.05, 0.1) is 12.2 Å². The fraction of sp³-hybridized carbons (Fsp3) is 0.684. The molecule has 26 heavy (non-hydrogen) atoms. The predicted molar refractivity (Wildman–Crippen MR) is 101 cm³/mol. The van der Waals surface area contributed by atoms with Crippen LogP contribution in [0.2, 0.25) is 0 Å². The van der Waals surface area contributed by atoms with Gasteiger partial charge in [-0.25, -0.2) is 4.98 Å². The molecule has 3 heterocycles. The standard InChI is InChI=1S/C19H27N5OS/c25-19(24-11-5-4-8-17(24)18-20-10-13-26-18)16-14-23(22-21-16)12-9-15-6-2-1-3-7-15/h10,13-15,17H,1-9,11-12H2/t17-/m0/s1. The van der Waals surface area contributed by atoms with Crippen molar-refractivity contribution in [3.05, 3.63) is 28.5 Å². The van der Waals surface area contributed by atoms with Crippen molar-refractivity contribution in [2.24, 2.45) is 5.92 Å². The summed E-state index contributed by atoms with van der Waals surface area (Å²) in [5.74, 6) is 0.803. The van der Waals surface area contributed by atoms with E-state index >= 15 is 0 Å². The number of thiazole rings is 1. The smallest absolute Gasteiger partial charge is 0.276 e. The SMILES string of the molecule is O=C(c1cn(CCC2CCCCC2)nn1)N1CCCC[C@H]1c1nccs1. The van der Waals surface area contributed by atoms with Crippen molar-refractivity contribution in [2.45, 2.75) is 70.4 Å². The molecule has 0 radical (unpaired) electrons. The third kappa shape index (κ3) is 3.98. The van der Waals surface area contributed by atoms with E-state index in [1.54, 1.807) is 11.3 Å². The van der Waals surface area contributed by atoms with Crippen LogP contribution in [-0.2, 0) is 6.54 Å². The van der Waals surface area contributed by atoms with Gasteiger partial charge in [0.15, 0.2) is 5.69 Å². The molecule has 0 spiro atoms. The Morgan fingerprint density at radius 1 is 1.15 bits per heavy atom. The predicted octanol–water partition coefficient (Wildman–Crippen LogP) is 4.07. The summed E-state index contributed by atoms with van der Waals surface area (Å²) in [6.07, 6.45) is 14.7. The zero-order valence-corrected chi connectivity index (χ0v) is 16.0. The van der Waals surface area contributed by atoms with E-state index in [0.717, 1.165) is 49.7 Å². The van der Waals surface area contributed by atoms with Crippen molar-refractivity contribution in [3.63, 3.8) is 0 Å². The van der Waals surface area contributed by atoms with E-state index in [9.17, 15) is 4.79 Å². The quantitative estimate of drug-likeness (QED) is 0.792. The number of rotatable bonds is 5. The minimum atomic E-state index is -0.00573. The average molecular weight is 374 g/mol. The molecular formula is C19H27N5OS. The zero-order chi connectivity index (χ0) is 17.8. The highest BCUT2D eigenvalue weighted by Gasteiger charge is 2.31. The van der Waals surface area contributed by atoms with Crippen molar-refractivity contribution >= 4 is 17.2 Å². The van der Waals surface area contributed by atoms with Gasteiger partial charge in [0.25, 0.3) is 5.91 Å². The molecule has 1 saturated carbocycles. The van der Waals surface area contributed by atoms with Crippen LogP contribution >= 0.6 is 11.3 Å². The van der Waals surface area contributed by atoms with E-state index in [-0.39, 0.29) is 11.9 Å². The molecule has 1 aliphatic carbocycles. The fourth-order valence-corrected chi connectivity index (χ4v) is 5.06. The van der Waals surface area contributed by atoms with Crippen LogP contribution in [0.15, 0.2) is 17.8 Å². The average Bonchev–Trinajstić information content (AvgIpc) is 3.39. The first-order chi connectivity index (χ1) is 12.8. The highest BCUT2D eigenvalue weighted by Crippen LogP contribution is 2.33. The van der Waals surface area contributed by atoms with Crippen molar-refractivity contribution < 1.29 is 4.79 Å². The molecule has 2 aromatic heterocycles. The van der Waals surface area contributed by atoms with Crippen LogP contribution in [0.4, 0.5) is 0 Å². The maximum atomic E-state index is 13.0. The van der Waals surface area contributed by atoms with E-state index in [1.807, 2.05) is 27.4 Å². The lowest BCUT2D eigenvalue weighted by Crippen LogP contribution is -2.38. The van der Waals surface area contributed by atoms with Crippen molar-refractivity contribution in [3.8, 4) is 0 Å². The normalized spacial score (nSPS) is 21.8. The van der Waals surface area contributed by atoms with Crippen molar-refractivity contribution in [1.29, 1.82) is 0 Å². The number of amides is 1. The Morgan fingerprint density at radius 3 is 2.81 bits per heavy atom. The van der Waals surface area contributed by atoms with Crippen molar-refractivity contribution in [2.75, 3.05) is 6.54 Å². The molecule has 0 bridgehead atoms. The van der Waals surface area contributed by atoms with E-state index in [4.69, 9.17) is 0 Å². The molecule has 4 rings (SSSR count). The van der Waals surface area contributed by atoms with Crippen LogP contribution in [0, 0.1) is 5.92 Å². The number of nitrogens with zero attached hydrogens (tertiary/aromatic N) is 5. The molecular weight excluding hydrogens is 346 g/mol. The van der Waals surface area contributed by atoms with E-state index in [1.165, 1.54) is 32.1 Å². The summed E-state index contributed by atoms with van der Waals surface area (Å²) in [6, 6.07) is 0.0867. The zero-order valence-electron chi connectivity index (χ0n) is 15.2. The highest BCUT2D eigenvalue weighted by molar-refractivity contribution is 7.09. The summed E-state index contributed by atoms with van der Waals surface area (Å²) >= 11 is 1.63. The van der Waals surface area contributed by atoms with Gasteiger partial charge in [0.1, 0.15) is 5.01 Å². The van der Waals surface area contributed by atoms with E-state index < -0.39 is 0 Å². The third-order valence-electron chi connectivity index (χ3n) is 5.75. The van der Waals surface area contributed by atoms with E-state index in [2.05, 4.69) is 15.3 Å². The fourth-order valence-electron chi connectivity index (χ4n) is 4.27. The summed E-state index contributed by atoms with van der Waals surface area (Å²) < 4.78 is 1.85. The monoisotopic (exact) mass is 373 g/mol. The summed E-state index contributed by atoms with van der Waals surface area (Å²) in [6.45, 7) is 1.64. The maximum Gasteiger partial charge on any atom is 0.276 e. The van der Waals surface area contributed by atoms with Crippen LogP contribution in [0.5, 0.6) is 0 Å². The van der Waals surface area contributed by atoms with Crippen LogP contribution in [0.25, 0.3) is 0 Å². The molecule has 0 aromatic carbocycles. The second kappa shape index (κ2) is 8.29. The number of hydrogen-bond donors (Lipinski definition) is 0. The molecule has 2 fully saturated rings. The van der Waals surface area contributed by atoms with Gasteiger partial charge in [-0.15, -0.1) is 16.4 Å². The summed E-state index contributed by atoms with van der Waals surface area (Å²) in [4.78, 5) is 19.4. The molecule has 1 amide bonds. The molecule has 1 atom stereocenters. The molecule has 140 valence electrons. The molecule has 0 N–H and O–H groups in total. The Labute approximate surface area is 158 Å². The number of likely N-dealkylation sites (tertiary alicyclic amines) is 1. The summed E-state index contributed by atoms with van der Waals surface area (Å²) in [5, 5.41) is 11.4. The Morgan fingerprint density at radius 2 is 2.00 bits per heavy atom. The minimum absolute atomic E-state index is 0.00573. The lowest BCUT2D eigenvalue weighted by Gasteiger charge is -2.33. The molecule has 2 aliphatic rings. The lowest BCUT2D eigenvalue weighted by molar-refractivity contribution is 0.0605. The van der Waals surface area contributed by atoms with Gasteiger partial charge in [0.2, 0.25) is 0 Å².